The molecule has 0 heterocycles. The van der Waals surface area contributed by atoms with Crippen LogP contribution in [0, 0.1) is 0 Å². The van der Waals surface area contributed by atoms with Crippen molar-refractivity contribution in [2.75, 3.05) is 5.75 Å². The zero-order valence-corrected chi connectivity index (χ0v) is 15.5. The number of benzene rings is 1. The van der Waals surface area contributed by atoms with Gasteiger partial charge < -0.3 is 14.4 Å². The summed E-state index contributed by atoms with van der Waals surface area (Å²) in [7, 11) is -3.60. The molecule has 1 aromatic carbocycles. The van der Waals surface area contributed by atoms with E-state index in [1.807, 2.05) is 26.8 Å². The van der Waals surface area contributed by atoms with Crippen molar-refractivity contribution in [1.82, 2.24) is 10.2 Å². The van der Waals surface area contributed by atoms with E-state index in [0.717, 1.165) is 12.8 Å². The predicted octanol–water partition coefficient (Wildman–Crippen LogP) is 2.89. The van der Waals surface area contributed by atoms with Crippen LogP contribution in [0.1, 0.15) is 46.1 Å². The number of hydrogen-bond acceptors (Lipinski definition) is 4. The lowest BCUT2D eigenvalue weighted by Gasteiger charge is -2.29. The Labute approximate surface area is 144 Å². The number of amides is 2. The third-order valence-electron chi connectivity index (χ3n) is 3.61. The quantitative estimate of drug-likeness (QED) is 0.797. The summed E-state index contributed by atoms with van der Waals surface area (Å²) < 4.78 is 28.7. The fourth-order valence-corrected chi connectivity index (χ4v) is 2.79. The van der Waals surface area contributed by atoms with Crippen LogP contribution in [-0.4, -0.2) is 36.7 Å². The predicted molar refractivity (Wildman–Crippen MR) is 93.4 cm³/mol. The second-order valence-electron chi connectivity index (χ2n) is 7.08. The lowest BCUT2D eigenvalue weighted by atomic mass is 10.1. The van der Waals surface area contributed by atoms with E-state index in [4.69, 9.17) is 4.18 Å². The summed E-state index contributed by atoms with van der Waals surface area (Å²) in [4.78, 5) is 14.3. The molecule has 0 aliphatic heterocycles. The summed E-state index contributed by atoms with van der Waals surface area (Å²) in [6.45, 7) is 7.65. The van der Waals surface area contributed by atoms with Gasteiger partial charge in [-0.25, -0.2) is 4.79 Å². The van der Waals surface area contributed by atoms with Crippen LogP contribution in [0.5, 0.6) is 5.75 Å². The van der Waals surface area contributed by atoms with E-state index in [1.165, 1.54) is 6.92 Å². The minimum absolute atomic E-state index is 0.0990. The van der Waals surface area contributed by atoms with Crippen LogP contribution in [-0.2, 0) is 16.7 Å². The molecule has 2 amide bonds. The molecular formula is C17H26N2O4S. The summed E-state index contributed by atoms with van der Waals surface area (Å²) in [6, 6.07) is 7.00. The Kier molecular flexibility index (Phi) is 5.42. The van der Waals surface area contributed by atoms with Gasteiger partial charge in [0.2, 0.25) is 0 Å². The first-order chi connectivity index (χ1) is 11.1. The minimum Gasteiger partial charge on any atom is -0.382 e. The van der Waals surface area contributed by atoms with Crippen molar-refractivity contribution in [3.8, 4) is 5.75 Å². The monoisotopic (exact) mass is 354 g/mol. The lowest BCUT2D eigenvalue weighted by Crippen LogP contribution is -2.49. The topological polar surface area (TPSA) is 75.7 Å². The number of nitrogens with zero attached hydrogens (tertiary/aromatic N) is 1. The van der Waals surface area contributed by atoms with Crippen molar-refractivity contribution in [3.63, 3.8) is 0 Å². The van der Waals surface area contributed by atoms with E-state index < -0.39 is 10.1 Å². The van der Waals surface area contributed by atoms with Crippen molar-refractivity contribution < 1.29 is 17.4 Å². The van der Waals surface area contributed by atoms with Crippen molar-refractivity contribution in [3.05, 3.63) is 29.8 Å². The first-order valence-corrected chi connectivity index (χ1v) is 9.78. The summed E-state index contributed by atoms with van der Waals surface area (Å²) in [5.41, 5.74) is 0.358. The van der Waals surface area contributed by atoms with Crippen LogP contribution in [0.2, 0.25) is 0 Å². The van der Waals surface area contributed by atoms with Gasteiger partial charge in [0.15, 0.2) is 0 Å². The number of nitrogens with one attached hydrogen (secondary N) is 1. The second kappa shape index (κ2) is 7.01. The van der Waals surface area contributed by atoms with E-state index in [2.05, 4.69) is 5.32 Å². The molecular weight excluding hydrogens is 328 g/mol. The molecule has 1 N–H and O–H groups in total. The van der Waals surface area contributed by atoms with Gasteiger partial charge in [-0.1, -0.05) is 18.2 Å². The van der Waals surface area contributed by atoms with Gasteiger partial charge in [0, 0.05) is 17.1 Å². The largest absolute Gasteiger partial charge is 0.382 e. The molecule has 1 aliphatic rings. The summed E-state index contributed by atoms with van der Waals surface area (Å²) in [5.74, 6) is 0.187. The minimum atomic E-state index is -3.60. The van der Waals surface area contributed by atoms with Crippen LogP contribution in [0.25, 0.3) is 0 Å². The van der Waals surface area contributed by atoms with Crippen LogP contribution in [0.4, 0.5) is 4.79 Å². The normalized spacial score (nSPS) is 15.0. The fourth-order valence-electron chi connectivity index (χ4n) is 2.24. The van der Waals surface area contributed by atoms with Gasteiger partial charge in [0.1, 0.15) is 5.75 Å². The van der Waals surface area contributed by atoms with E-state index in [-0.39, 0.29) is 29.1 Å². The first kappa shape index (κ1) is 18.6. The van der Waals surface area contributed by atoms with Crippen molar-refractivity contribution in [2.45, 2.75) is 58.7 Å². The molecule has 0 saturated heterocycles. The number of carbonyl (C=O) groups excluding carboxylic acids is 1. The summed E-state index contributed by atoms with van der Waals surface area (Å²) in [6.07, 6.45) is 1.93. The van der Waals surface area contributed by atoms with Crippen LogP contribution in [0.15, 0.2) is 24.3 Å². The summed E-state index contributed by atoms with van der Waals surface area (Å²) >= 11 is 0. The third kappa shape index (κ3) is 5.40. The maximum Gasteiger partial charge on any atom is 0.318 e. The number of urea groups is 1. The van der Waals surface area contributed by atoms with Crippen molar-refractivity contribution in [2.24, 2.45) is 0 Å². The number of hydrogen-bond donors (Lipinski definition) is 1. The molecule has 134 valence electrons. The SMILES string of the molecule is CCS(=O)(=O)Oc1ccccc1CN(C(=O)NC(C)(C)C)C1CC1. The Morgan fingerprint density at radius 3 is 2.46 bits per heavy atom. The Hall–Kier alpha value is -1.76. The maximum absolute atomic E-state index is 12.6. The molecule has 6 nitrogen and oxygen atoms in total. The highest BCUT2D eigenvalue weighted by Gasteiger charge is 2.34. The Morgan fingerprint density at radius 1 is 1.29 bits per heavy atom. The van der Waals surface area contributed by atoms with Gasteiger partial charge in [0.05, 0.1) is 12.3 Å². The molecule has 1 aromatic rings. The smallest absolute Gasteiger partial charge is 0.318 e. The highest BCUT2D eigenvalue weighted by molar-refractivity contribution is 7.87. The molecule has 1 fully saturated rings. The lowest BCUT2D eigenvalue weighted by molar-refractivity contribution is 0.182. The second-order valence-corrected chi connectivity index (χ2v) is 8.94. The van der Waals surface area contributed by atoms with Crippen LogP contribution < -0.4 is 9.50 Å². The van der Waals surface area contributed by atoms with E-state index in [9.17, 15) is 13.2 Å². The molecule has 24 heavy (non-hydrogen) atoms. The van der Waals surface area contributed by atoms with Gasteiger partial charge in [-0.05, 0) is 46.6 Å². The maximum atomic E-state index is 12.6. The van der Waals surface area contributed by atoms with E-state index >= 15 is 0 Å². The molecule has 1 aliphatic carbocycles. The highest BCUT2D eigenvalue weighted by atomic mass is 32.2. The fraction of sp³-hybridized carbons (Fsp3) is 0.588. The Bertz CT molecular complexity index is 691. The highest BCUT2D eigenvalue weighted by Crippen LogP contribution is 2.31. The average Bonchev–Trinajstić information content (AvgIpc) is 3.28. The first-order valence-electron chi connectivity index (χ1n) is 8.20. The van der Waals surface area contributed by atoms with Gasteiger partial charge in [-0.3, -0.25) is 0 Å². The van der Waals surface area contributed by atoms with E-state index in [1.54, 1.807) is 23.1 Å². The average molecular weight is 354 g/mol. The molecule has 0 spiro atoms. The van der Waals surface area contributed by atoms with Gasteiger partial charge in [-0.15, -0.1) is 0 Å². The van der Waals surface area contributed by atoms with Crippen molar-refractivity contribution in [1.29, 1.82) is 0 Å². The number of rotatable bonds is 6. The standard InChI is InChI=1S/C17H26N2O4S/c1-5-24(21,22)23-15-9-7-6-8-13(15)12-19(14-10-11-14)16(20)18-17(2,3)4/h6-9,14H,5,10-12H2,1-4H3,(H,18,20). The van der Waals surface area contributed by atoms with Gasteiger partial charge in [0.25, 0.3) is 0 Å². The molecule has 2 rings (SSSR count). The van der Waals surface area contributed by atoms with Crippen molar-refractivity contribution >= 4 is 16.1 Å². The van der Waals surface area contributed by atoms with Gasteiger partial charge in [-0.2, -0.15) is 8.42 Å². The zero-order valence-electron chi connectivity index (χ0n) is 14.7. The third-order valence-corrected chi connectivity index (χ3v) is 4.75. The molecule has 1 saturated carbocycles. The van der Waals surface area contributed by atoms with E-state index in [0.29, 0.717) is 12.1 Å². The molecule has 0 atom stereocenters. The van der Waals surface area contributed by atoms with Crippen LogP contribution in [0.3, 0.4) is 0 Å². The molecule has 7 heteroatoms. The van der Waals surface area contributed by atoms with Gasteiger partial charge >= 0.3 is 16.1 Å². The molecule has 0 radical (unpaired) electrons. The molecule has 0 aromatic heterocycles. The summed E-state index contributed by atoms with van der Waals surface area (Å²) in [5, 5.41) is 2.97. The Morgan fingerprint density at radius 2 is 1.92 bits per heavy atom. The number of carbonyl (C=O) groups is 1. The Balaban J connectivity index is 2.20. The zero-order chi connectivity index (χ0) is 18.0. The van der Waals surface area contributed by atoms with Crippen LogP contribution >= 0.6 is 0 Å². The molecule has 0 bridgehead atoms. The number of para-hydroxylation sites is 1. The molecule has 0 unspecified atom stereocenters.